The summed E-state index contributed by atoms with van der Waals surface area (Å²) < 4.78 is 0. The molecule has 2 unspecified atom stereocenters. The molecule has 1 nitrogen and oxygen atoms in total. The largest absolute Gasteiger partial charge is 0.300 e. The van der Waals surface area contributed by atoms with Crippen molar-refractivity contribution in [2.45, 2.75) is 104 Å². The highest BCUT2D eigenvalue weighted by Crippen LogP contribution is 2.32. The zero-order valence-corrected chi connectivity index (χ0v) is 15.4. The molecule has 1 heteroatoms. The maximum atomic E-state index is 2.88. The summed E-state index contributed by atoms with van der Waals surface area (Å²) in [4.78, 5) is 2.88. The molecule has 0 aliphatic carbocycles. The summed E-state index contributed by atoms with van der Waals surface area (Å²) >= 11 is 0. The lowest BCUT2D eigenvalue weighted by Crippen LogP contribution is -2.44. The second kappa shape index (κ2) is 11.5. The summed E-state index contributed by atoms with van der Waals surface area (Å²) in [6, 6.07) is 0.877. The van der Waals surface area contributed by atoms with Gasteiger partial charge in [0.1, 0.15) is 0 Å². The first kappa shape index (κ1) is 19.0. The van der Waals surface area contributed by atoms with Crippen LogP contribution >= 0.6 is 0 Å². The number of nitrogens with zero attached hydrogens (tertiary/aromatic N) is 1. The van der Waals surface area contributed by atoms with Crippen molar-refractivity contribution in [3.8, 4) is 0 Å². The lowest BCUT2D eigenvalue weighted by atomic mass is 9.79. The maximum absolute atomic E-state index is 2.88. The number of hydrogen-bond acceptors (Lipinski definition) is 1. The van der Waals surface area contributed by atoms with Crippen LogP contribution in [0.25, 0.3) is 0 Å². The Morgan fingerprint density at radius 2 is 1.52 bits per heavy atom. The normalized spacial score (nSPS) is 21.9. The smallest absolute Gasteiger partial charge is 0.00952 e. The molecular weight excluding hydrogens is 254 g/mol. The van der Waals surface area contributed by atoms with Gasteiger partial charge >= 0.3 is 0 Å². The Kier molecular flexibility index (Phi) is 10.4. The topological polar surface area (TPSA) is 3.24 Å². The van der Waals surface area contributed by atoms with Crippen LogP contribution in [0.5, 0.6) is 0 Å². The average molecular weight is 296 g/mol. The van der Waals surface area contributed by atoms with Crippen molar-refractivity contribution in [1.82, 2.24) is 4.90 Å². The van der Waals surface area contributed by atoms with E-state index in [4.69, 9.17) is 0 Å². The third-order valence-corrected chi connectivity index (χ3v) is 5.50. The van der Waals surface area contributed by atoms with Crippen LogP contribution in [0.2, 0.25) is 0 Å². The first-order valence-corrected chi connectivity index (χ1v) is 10.0. The minimum atomic E-state index is 0.877. The Labute approximate surface area is 134 Å². The molecule has 126 valence electrons. The Bertz CT molecular complexity index is 232. The van der Waals surface area contributed by atoms with E-state index in [9.17, 15) is 0 Å². The number of piperidine rings is 1. The molecular formula is C20H41N. The van der Waals surface area contributed by atoms with Crippen LogP contribution in [0, 0.1) is 11.8 Å². The predicted molar refractivity (Wildman–Crippen MR) is 95.8 cm³/mol. The summed E-state index contributed by atoms with van der Waals surface area (Å²) in [6.07, 6.45) is 15.6. The van der Waals surface area contributed by atoms with Crippen molar-refractivity contribution in [2.24, 2.45) is 11.8 Å². The van der Waals surface area contributed by atoms with Crippen LogP contribution < -0.4 is 0 Å². The zero-order chi connectivity index (χ0) is 15.5. The van der Waals surface area contributed by atoms with Crippen molar-refractivity contribution in [1.29, 1.82) is 0 Å². The third-order valence-electron chi connectivity index (χ3n) is 5.50. The lowest BCUT2D eigenvalue weighted by Gasteiger charge is -2.41. The zero-order valence-electron chi connectivity index (χ0n) is 15.4. The van der Waals surface area contributed by atoms with Gasteiger partial charge in [0.15, 0.2) is 0 Å². The molecule has 0 N–H and O–H groups in total. The summed E-state index contributed by atoms with van der Waals surface area (Å²) in [5, 5.41) is 0. The molecule has 1 aliphatic heterocycles. The predicted octanol–water partition coefficient (Wildman–Crippen LogP) is 6.27. The first-order valence-electron chi connectivity index (χ1n) is 10.0. The lowest BCUT2D eigenvalue weighted by molar-refractivity contribution is 0.0784. The fourth-order valence-electron chi connectivity index (χ4n) is 4.40. The van der Waals surface area contributed by atoms with Crippen LogP contribution in [0.4, 0.5) is 0 Å². The van der Waals surface area contributed by atoms with Crippen molar-refractivity contribution < 1.29 is 0 Å². The molecule has 1 heterocycles. The second-order valence-corrected chi connectivity index (χ2v) is 7.32. The Balaban J connectivity index is 2.58. The van der Waals surface area contributed by atoms with Crippen molar-refractivity contribution >= 4 is 0 Å². The molecule has 0 spiro atoms. The highest BCUT2D eigenvalue weighted by molar-refractivity contribution is 4.82. The number of rotatable bonds is 11. The van der Waals surface area contributed by atoms with Crippen LogP contribution in [0.3, 0.4) is 0 Å². The summed E-state index contributed by atoms with van der Waals surface area (Å²) in [7, 11) is 0. The molecule has 0 bridgehead atoms. The SMILES string of the molecule is CCCCC(CCC)N1CCCC(C(CCC)CCC)C1. The molecule has 0 amide bonds. The first-order chi connectivity index (χ1) is 10.3. The molecule has 0 aromatic rings. The van der Waals surface area contributed by atoms with Gasteiger partial charge in [-0.15, -0.1) is 0 Å². The Morgan fingerprint density at radius 3 is 2.10 bits per heavy atom. The molecule has 1 aliphatic rings. The van der Waals surface area contributed by atoms with E-state index in [1.54, 1.807) is 0 Å². The average Bonchev–Trinajstić information content (AvgIpc) is 2.51. The van der Waals surface area contributed by atoms with Gasteiger partial charge in [-0.2, -0.15) is 0 Å². The van der Waals surface area contributed by atoms with E-state index in [-0.39, 0.29) is 0 Å². The maximum Gasteiger partial charge on any atom is 0.00952 e. The van der Waals surface area contributed by atoms with E-state index in [2.05, 4.69) is 32.6 Å². The molecule has 1 fully saturated rings. The highest BCUT2D eigenvalue weighted by Gasteiger charge is 2.29. The molecule has 0 saturated carbocycles. The van der Waals surface area contributed by atoms with Crippen molar-refractivity contribution in [2.75, 3.05) is 13.1 Å². The van der Waals surface area contributed by atoms with Gasteiger partial charge in [-0.25, -0.2) is 0 Å². The van der Waals surface area contributed by atoms with Crippen LogP contribution in [-0.4, -0.2) is 24.0 Å². The van der Waals surface area contributed by atoms with Gasteiger partial charge in [-0.1, -0.05) is 72.6 Å². The van der Waals surface area contributed by atoms with Crippen molar-refractivity contribution in [3.05, 3.63) is 0 Å². The molecule has 0 radical (unpaired) electrons. The van der Waals surface area contributed by atoms with E-state index < -0.39 is 0 Å². The van der Waals surface area contributed by atoms with Gasteiger partial charge in [-0.3, -0.25) is 0 Å². The van der Waals surface area contributed by atoms with Gasteiger partial charge < -0.3 is 4.90 Å². The summed E-state index contributed by atoms with van der Waals surface area (Å²) in [6.45, 7) is 12.2. The van der Waals surface area contributed by atoms with Crippen LogP contribution in [-0.2, 0) is 0 Å². The van der Waals surface area contributed by atoms with Gasteiger partial charge in [0.2, 0.25) is 0 Å². The van der Waals surface area contributed by atoms with Crippen molar-refractivity contribution in [3.63, 3.8) is 0 Å². The summed E-state index contributed by atoms with van der Waals surface area (Å²) in [5.74, 6) is 1.98. The molecule has 0 aromatic carbocycles. The third kappa shape index (κ3) is 6.72. The molecule has 2 atom stereocenters. The van der Waals surface area contributed by atoms with E-state index >= 15 is 0 Å². The van der Waals surface area contributed by atoms with Gasteiger partial charge in [0.25, 0.3) is 0 Å². The number of likely N-dealkylation sites (tertiary alicyclic amines) is 1. The van der Waals surface area contributed by atoms with E-state index in [1.165, 1.54) is 83.7 Å². The van der Waals surface area contributed by atoms with E-state index in [0.717, 1.165) is 17.9 Å². The highest BCUT2D eigenvalue weighted by atomic mass is 15.2. The molecule has 21 heavy (non-hydrogen) atoms. The number of unbranched alkanes of at least 4 members (excludes halogenated alkanes) is 1. The van der Waals surface area contributed by atoms with E-state index in [1.807, 2.05) is 0 Å². The Hall–Kier alpha value is -0.0400. The van der Waals surface area contributed by atoms with Crippen LogP contribution in [0.1, 0.15) is 98.3 Å². The Morgan fingerprint density at radius 1 is 0.857 bits per heavy atom. The molecule has 1 rings (SSSR count). The standard InChI is InChI=1S/C20H41N/c1-5-9-15-20(13-8-4)21-16-10-14-19(17-21)18(11-6-2)12-7-3/h18-20H,5-17H2,1-4H3. The summed E-state index contributed by atoms with van der Waals surface area (Å²) in [5.41, 5.74) is 0. The van der Waals surface area contributed by atoms with Crippen LogP contribution in [0.15, 0.2) is 0 Å². The molecule has 0 aromatic heterocycles. The molecule has 1 saturated heterocycles. The second-order valence-electron chi connectivity index (χ2n) is 7.32. The monoisotopic (exact) mass is 295 g/mol. The minimum absolute atomic E-state index is 0.877. The van der Waals surface area contributed by atoms with Gasteiger partial charge in [-0.05, 0) is 44.1 Å². The van der Waals surface area contributed by atoms with E-state index in [0.29, 0.717) is 0 Å². The fraction of sp³-hybridized carbons (Fsp3) is 1.00. The number of hydrogen-bond donors (Lipinski definition) is 0. The van der Waals surface area contributed by atoms with Gasteiger partial charge in [0, 0.05) is 12.6 Å². The van der Waals surface area contributed by atoms with Gasteiger partial charge in [0.05, 0.1) is 0 Å². The fourth-order valence-corrected chi connectivity index (χ4v) is 4.40. The quantitative estimate of drug-likeness (QED) is 0.434. The minimum Gasteiger partial charge on any atom is -0.300 e.